The Kier molecular flexibility index (Phi) is 3.91. The number of rotatable bonds is 4. The summed E-state index contributed by atoms with van der Waals surface area (Å²) in [6, 6.07) is 0.696. The molecule has 2 aliphatic rings. The average Bonchev–Trinajstić information content (AvgIpc) is 2.28. The Morgan fingerprint density at radius 3 is 2.38 bits per heavy atom. The van der Waals surface area contributed by atoms with Crippen molar-refractivity contribution in [3.05, 3.63) is 0 Å². The molecule has 2 atom stereocenters. The van der Waals surface area contributed by atoms with Gasteiger partial charge in [-0.1, -0.05) is 33.1 Å². The first kappa shape index (κ1) is 12.4. The number of nitrogens with one attached hydrogen (secondary N) is 1. The highest BCUT2D eigenvalue weighted by molar-refractivity contribution is 5.01. The van der Waals surface area contributed by atoms with E-state index in [0.29, 0.717) is 17.4 Å². The molecule has 0 saturated heterocycles. The maximum Gasteiger partial charge on any atom is 0.0687 e. The van der Waals surface area contributed by atoms with Gasteiger partial charge in [0.05, 0.1) is 6.10 Å². The molecule has 0 bridgehead atoms. The zero-order chi connectivity index (χ0) is 11.6. The minimum Gasteiger partial charge on any atom is -0.392 e. The third-order valence-electron chi connectivity index (χ3n) is 4.86. The van der Waals surface area contributed by atoms with Crippen LogP contribution in [-0.2, 0) is 0 Å². The fraction of sp³-hybridized carbons (Fsp3) is 1.00. The van der Waals surface area contributed by atoms with E-state index >= 15 is 0 Å². The molecule has 2 N–H and O–H groups in total. The van der Waals surface area contributed by atoms with Crippen molar-refractivity contribution in [3.8, 4) is 0 Å². The Labute approximate surface area is 99.8 Å². The van der Waals surface area contributed by atoms with Gasteiger partial charge in [0.25, 0.3) is 0 Å². The highest BCUT2D eigenvalue weighted by Gasteiger charge is 2.46. The van der Waals surface area contributed by atoms with Crippen molar-refractivity contribution in [1.29, 1.82) is 0 Å². The fourth-order valence-corrected chi connectivity index (χ4v) is 3.37. The highest BCUT2D eigenvalue weighted by atomic mass is 16.3. The topological polar surface area (TPSA) is 32.3 Å². The zero-order valence-electron chi connectivity index (χ0n) is 10.8. The van der Waals surface area contributed by atoms with Gasteiger partial charge in [0.2, 0.25) is 0 Å². The minimum absolute atomic E-state index is 0.179. The Morgan fingerprint density at radius 1 is 1.19 bits per heavy atom. The van der Waals surface area contributed by atoms with Crippen LogP contribution in [-0.4, -0.2) is 23.8 Å². The third kappa shape index (κ3) is 2.43. The highest BCUT2D eigenvalue weighted by Crippen LogP contribution is 2.51. The minimum atomic E-state index is -0.179. The summed E-state index contributed by atoms with van der Waals surface area (Å²) in [5.74, 6) is 0.370. The lowest BCUT2D eigenvalue weighted by molar-refractivity contribution is 0.0119. The molecule has 0 radical (unpaired) electrons. The van der Waals surface area contributed by atoms with E-state index in [1.54, 1.807) is 0 Å². The number of hydrogen-bond acceptors (Lipinski definition) is 2. The van der Waals surface area contributed by atoms with Crippen LogP contribution in [0.4, 0.5) is 0 Å². The molecule has 0 amide bonds. The van der Waals surface area contributed by atoms with Gasteiger partial charge in [0, 0.05) is 12.6 Å². The lowest BCUT2D eigenvalue weighted by atomic mass is 9.57. The van der Waals surface area contributed by atoms with Crippen LogP contribution in [0.3, 0.4) is 0 Å². The van der Waals surface area contributed by atoms with Crippen LogP contribution in [0.25, 0.3) is 0 Å². The van der Waals surface area contributed by atoms with Gasteiger partial charge in [-0.3, -0.25) is 0 Å². The van der Waals surface area contributed by atoms with E-state index in [4.69, 9.17) is 0 Å². The number of aliphatic hydroxyl groups is 1. The normalized spacial score (nSPS) is 30.4. The molecule has 94 valence electrons. The molecule has 2 aliphatic carbocycles. The molecule has 2 unspecified atom stereocenters. The second kappa shape index (κ2) is 5.05. The smallest absolute Gasteiger partial charge is 0.0687 e. The first-order chi connectivity index (χ1) is 7.64. The van der Waals surface area contributed by atoms with Crippen molar-refractivity contribution in [3.63, 3.8) is 0 Å². The van der Waals surface area contributed by atoms with Crippen molar-refractivity contribution in [1.82, 2.24) is 5.32 Å². The van der Waals surface area contributed by atoms with Crippen molar-refractivity contribution >= 4 is 0 Å². The summed E-state index contributed by atoms with van der Waals surface area (Å²) >= 11 is 0. The number of hydrogen-bond donors (Lipinski definition) is 2. The summed E-state index contributed by atoms with van der Waals surface area (Å²) in [6.45, 7) is 4.96. The molecular weight excluding hydrogens is 198 g/mol. The largest absolute Gasteiger partial charge is 0.392 e. The Hall–Kier alpha value is -0.0800. The van der Waals surface area contributed by atoms with Crippen molar-refractivity contribution in [2.75, 3.05) is 6.54 Å². The van der Waals surface area contributed by atoms with Crippen LogP contribution in [0.15, 0.2) is 0 Å². The summed E-state index contributed by atoms with van der Waals surface area (Å²) in [5.41, 5.74) is 0.620. The molecular formula is C14H27NO. The van der Waals surface area contributed by atoms with Crippen molar-refractivity contribution in [2.24, 2.45) is 11.3 Å². The van der Waals surface area contributed by atoms with Gasteiger partial charge in [-0.2, -0.15) is 0 Å². The summed E-state index contributed by atoms with van der Waals surface area (Å²) in [7, 11) is 0. The Morgan fingerprint density at radius 2 is 1.88 bits per heavy atom. The maximum absolute atomic E-state index is 9.82. The van der Waals surface area contributed by atoms with E-state index in [1.165, 1.54) is 44.9 Å². The van der Waals surface area contributed by atoms with Gasteiger partial charge in [0.15, 0.2) is 0 Å². The van der Waals surface area contributed by atoms with Crippen LogP contribution in [0.2, 0.25) is 0 Å². The molecule has 2 heteroatoms. The molecule has 0 aromatic rings. The van der Waals surface area contributed by atoms with Gasteiger partial charge < -0.3 is 10.4 Å². The van der Waals surface area contributed by atoms with Crippen molar-refractivity contribution in [2.45, 2.75) is 70.9 Å². The quantitative estimate of drug-likeness (QED) is 0.771. The van der Waals surface area contributed by atoms with Gasteiger partial charge in [-0.15, -0.1) is 0 Å². The molecule has 0 aromatic heterocycles. The molecule has 16 heavy (non-hydrogen) atoms. The Balaban J connectivity index is 1.77. The van der Waals surface area contributed by atoms with Gasteiger partial charge in [-0.05, 0) is 37.0 Å². The molecule has 0 heterocycles. The van der Waals surface area contributed by atoms with Gasteiger partial charge in [-0.25, -0.2) is 0 Å². The molecule has 2 nitrogen and oxygen atoms in total. The second-order valence-electron chi connectivity index (χ2n) is 6.23. The van der Waals surface area contributed by atoms with E-state index in [2.05, 4.69) is 19.2 Å². The van der Waals surface area contributed by atoms with E-state index < -0.39 is 0 Å². The fourth-order valence-electron chi connectivity index (χ4n) is 3.37. The molecule has 0 aromatic carbocycles. The monoisotopic (exact) mass is 225 g/mol. The first-order valence-electron chi connectivity index (χ1n) is 7.05. The van der Waals surface area contributed by atoms with E-state index in [1.807, 2.05) is 0 Å². The second-order valence-corrected chi connectivity index (χ2v) is 6.23. The Bertz CT molecular complexity index is 221. The van der Waals surface area contributed by atoms with Crippen LogP contribution in [0, 0.1) is 11.3 Å². The summed E-state index contributed by atoms with van der Waals surface area (Å²) < 4.78 is 0. The van der Waals surface area contributed by atoms with Crippen LogP contribution < -0.4 is 5.32 Å². The van der Waals surface area contributed by atoms with Gasteiger partial charge in [0.1, 0.15) is 0 Å². The summed E-state index contributed by atoms with van der Waals surface area (Å²) in [5, 5.41) is 13.4. The maximum atomic E-state index is 9.82. The van der Waals surface area contributed by atoms with E-state index in [9.17, 15) is 5.11 Å². The van der Waals surface area contributed by atoms with E-state index in [0.717, 1.165) is 6.54 Å². The zero-order valence-corrected chi connectivity index (χ0v) is 10.8. The molecule has 2 fully saturated rings. The van der Waals surface area contributed by atoms with Crippen LogP contribution in [0.5, 0.6) is 0 Å². The lowest BCUT2D eigenvalue weighted by Gasteiger charge is -2.53. The SMILES string of the molecule is CC(C)C(O)CNC1CCC12CCCCC2. The average molecular weight is 225 g/mol. The van der Waals surface area contributed by atoms with Crippen LogP contribution >= 0.6 is 0 Å². The lowest BCUT2D eigenvalue weighted by Crippen LogP contribution is -2.55. The molecule has 2 rings (SSSR count). The first-order valence-corrected chi connectivity index (χ1v) is 7.05. The van der Waals surface area contributed by atoms with Crippen LogP contribution in [0.1, 0.15) is 58.8 Å². The molecule has 2 saturated carbocycles. The van der Waals surface area contributed by atoms with Gasteiger partial charge >= 0.3 is 0 Å². The predicted octanol–water partition coefficient (Wildman–Crippen LogP) is 2.71. The third-order valence-corrected chi connectivity index (χ3v) is 4.86. The predicted molar refractivity (Wildman–Crippen MR) is 67.4 cm³/mol. The summed E-state index contributed by atoms with van der Waals surface area (Å²) in [4.78, 5) is 0. The van der Waals surface area contributed by atoms with E-state index in [-0.39, 0.29) is 6.10 Å². The molecule has 0 aliphatic heterocycles. The molecule has 1 spiro atoms. The summed E-state index contributed by atoms with van der Waals surface area (Å²) in [6.07, 6.45) is 9.68. The van der Waals surface area contributed by atoms with Crippen molar-refractivity contribution < 1.29 is 5.11 Å². The number of aliphatic hydroxyl groups excluding tert-OH is 1. The standard InChI is InChI=1S/C14H27NO/c1-11(2)12(16)10-15-13-6-9-14(13)7-4-3-5-8-14/h11-13,15-16H,3-10H2,1-2H3.